The highest BCUT2D eigenvalue weighted by Gasteiger charge is 2.10. The lowest BCUT2D eigenvalue weighted by Crippen LogP contribution is -2.22. The minimum Gasteiger partial charge on any atom is -0.409 e. The van der Waals surface area contributed by atoms with Gasteiger partial charge in [-0.05, 0) is 38.9 Å². The van der Waals surface area contributed by atoms with Crippen molar-refractivity contribution in [3.05, 3.63) is 0 Å². The van der Waals surface area contributed by atoms with Crippen molar-refractivity contribution < 1.29 is 5.21 Å². The third-order valence-corrected chi connectivity index (χ3v) is 2.23. The fraction of sp³-hybridized carbons (Fsp3) is 0.875. The summed E-state index contributed by atoms with van der Waals surface area (Å²) in [6, 6.07) is 0. The largest absolute Gasteiger partial charge is 0.409 e. The van der Waals surface area contributed by atoms with E-state index in [1.165, 1.54) is 25.9 Å². The first kappa shape index (κ1) is 9.32. The molecular formula is C8H17N3O. The van der Waals surface area contributed by atoms with Crippen LogP contribution in [-0.2, 0) is 0 Å². The number of nitrogens with zero attached hydrogens (tertiary/aromatic N) is 2. The van der Waals surface area contributed by atoms with Crippen molar-refractivity contribution in [1.82, 2.24) is 4.90 Å². The molecule has 1 aliphatic rings. The molecule has 4 nitrogen and oxygen atoms in total. The molecule has 0 aromatic rings. The molecule has 0 amide bonds. The highest BCUT2D eigenvalue weighted by molar-refractivity contribution is 5.79. The summed E-state index contributed by atoms with van der Waals surface area (Å²) >= 11 is 0. The molecule has 70 valence electrons. The van der Waals surface area contributed by atoms with Gasteiger partial charge in [-0.2, -0.15) is 0 Å². The summed E-state index contributed by atoms with van der Waals surface area (Å²) in [6.45, 7) is 3.52. The number of hydrogen-bond donors (Lipinski definition) is 2. The van der Waals surface area contributed by atoms with Gasteiger partial charge in [-0.15, -0.1) is 0 Å². The molecule has 1 rings (SSSR count). The van der Waals surface area contributed by atoms with Crippen molar-refractivity contribution >= 4 is 5.84 Å². The monoisotopic (exact) mass is 171 g/mol. The normalized spacial score (nSPS) is 20.2. The second kappa shape index (κ2) is 4.98. The first-order valence-corrected chi connectivity index (χ1v) is 4.51. The van der Waals surface area contributed by atoms with Gasteiger partial charge in [0.2, 0.25) is 0 Å². The Morgan fingerprint density at radius 3 is 2.67 bits per heavy atom. The van der Waals surface area contributed by atoms with E-state index in [-0.39, 0.29) is 0 Å². The van der Waals surface area contributed by atoms with Gasteiger partial charge >= 0.3 is 0 Å². The summed E-state index contributed by atoms with van der Waals surface area (Å²) in [5.41, 5.74) is 5.34. The summed E-state index contributed by atoms with van der Waals surface area (Å²) in [4.78, 5) is 2.42. The standard InChI is InChI=1S/C8H17N3O/c9-8(10-12)4-3-7-11-5-1-2-6-11/h12H,1-7H2,(H2,9,10). The molecule has 0 radical (unpaired) electrons. The Labute approximate surface area is 73.0 Å². The van der Waals surface area contributed by atoms with Gasteiger partial charge in [0.05, 0.1) is 0 Å². The van der Waals surface area contributed by atoms with Crippen molar-refractivity contribution in [2.45, 2.75) is 25.7 Å². The molecule has 0 bridgehead atoms. The SMILES string of the molecule is NC(CCCN1CCCC1)=NO. The minimum absolute atomic E-state index is 0.342. The fourth-order valence-electron chi connectivity index (χ4n) is 1.54. The third-order valence-electron chi connectivity index (χ3n) is 2.23. The molecule has 12 heavy (non-hydrogen) atoms. The maximum atomic E-state index is 8.28. The minimum atomic E-state index is 0.342. The van der Waals surface area contributed by atoms with E-state index >= 15 is 0 Å². The van der Waals surface area contributed by atoms with E-state index in [0.717, 1.165) is 13.0 Å². The van der Waals surface area contributed by atoms with E-state index in [1.807, 2.05) is 0 Å². The van der Waals surface area contributed by atoms with Gasteiger partial charge in [-0.3, -0.25) is 0 Å². The van der Waals surface area contributed by atoms with Crippen LogP contribution in [-0.4, -0.2) is 35.6 Å². The zero-order valence-electron chi connectivity index (χ0n) is 7.37. The molecule has 3 N–H and O–H groups in total. The molecule has 1 heterocycles. The van der Waals surface area contributed by atoms with Crippen LogP contribution in [0.15, 0.2) is 5.16 Å². The molecule has 0 aliphatic carbocycles. The van der Waals surface area contributed by atoms with Crippen molar-refractivity contribution in [3.8, 4) is 0 Å². The van der Waals surface area contributed by atoms with Crippen LogP contribution in [0.4, 0.5) is 0 Å². The number of nitrogens with two attached hydrogens (primary N) is 1. The second-order valence-corrected chi connectivity index (χ2v) is 3.24. The van der Waals surface area contributed by atoms with Crippen LogP contribution in [0.1, 0.15) is 25.7 Å². The van der Waals surface area contributed by atoms with Gasteiger partial charge in [-0.25, -0.2) is 0 Å². The molecule has 0 aromatic carbocycles. The molecule has 1 aliphatic heterocycles. The lowest BCUT2D eigenvalue weighted by atomic mass is 10.3. The van der Waals surface area contributed by atoms with Crippen molar-refractivity contribution in [2.24, 2.45) is 10.9 Å². The summed E-state index contributed by atoms with van der Waals surface area (Å²) in [7, 11) is 0. The summed E-state index contributed by atoms with van der Waals surface area (Å²) in [6.07, 6.45) is 4.34. The molecular weight excluding hydrogens is 154 g/mol. The lowest BCUT2D eigenvalue weighted by Gasteiger charge is -2.13. The van der Waals surface area contributed by atoms with Crippen LogP contribution < -0.4 is 5.73 Å². The van der Waals surface area contributed by atoms with Gasteiger partial charge < -0.3 is 15.8 Å². The van der Waals surface area contributed by atoms with Crippen LogP contribution in [0, 0.1) is 0 Å². The number of hydrogen-bond acceptors (Lipinski definition) is 3. The van der Waals surface area contributed by atoms with E-state index in [1.54, 1.807) is 0 Å². The van der Waals surface area contributed by atoms with E-state index in [2.05, 4.69) is 10.1 Å². The zero-order valence-corrected chi connectivity index (χ0v) is 7.37. The van der Waals surface area contributed by atoms with Crippen molar-refractivity contribution in [1.29, 1.82) is 0 Å². The van der Waals surface area contributed by atoms with Crippen LogP contribution in [0.25, 0.3) is 0 Å². The summed E-state index contributed by atoms with van der Waals surface area (Å²) in [5, 5.41) is 11.2. The predicted octanol–water partition coefficient (Wildman–Crippen LogP) is 0.609. The summed E-state index contributed by atoms with van der Waals surface area (Å²) in [5.74, 6) is 0.342. The molecule has 1 saturated heterocycles. The smallest absolute Gasteiger partial charge is 0.139 e. The van der Waals surface area contributed by atoms with Crippen molar-refractivity contribution in [3.63, 3.8) is 0 Å². The highest BCUT2D eigenvalue weighted by Crippen LogP contribution is 2.07. The molecule has 0 atom stereocenters. The van der Waals surface area contributed by atoms with Gasteiger partial charge in [-0.1, -0.05) is 5.16 Å². The molecule has 4 heteroatoms. The van der Waals surface area contributed by atoms with E-state index in [9.17, 15) is 0 Å². The number of likely N-dealkylation sites (tertiary alicyclic amines) is 1. The quantitative estimate of drug-likeness (QED) is 0.282. The highest BCUT2D eigenvalue weighted by atomic mass is 16.4. The third kappa shape index (κ3) is 3.09. The topological polar surface area (TPSA) is 61.8 Å². The van der Waals surface area contributed by atoms with Crippen LogP contribution in [0.5, 0.6) is 0 Å². The second-order valence-electron chi connectivity index (χ2n) is 3.24. The lowest BCUT2D eigenvalue weighted by molar-refractivity contribution is 0.313. The molecule has 0 spiro atoms. The predicted molar refractivity (Wildman–Crippen MR) is 48.3 cm³/mol. The maximum absolute atomic E-state index is 8.28. The Morgan fingerprint density at radius 2 is 2.08 bits per heavy atom. The van der Waals surface area contributed by atoms with E-state index < -0.39 is 0 Å². The summed E-state index contributed by atoms with van der Waals surface area (Å²) < 4.78 is 0. The Kier molecular flexibility index (Phi) is 3.87. The van der Waals surface area contributed by atoms with Crippen LogP contribution in [0.2, 0.25) is 0 Å². The average molecular weight is 171 g/mol. The first-order valence-electron chi connectivity index (χ1n) is 4.51. The van der Waals surface area contributed by atoms with Crippen LogP contribution in [0.3, 0.4) is 0 Å². The number of rotatable bonds is 4. The van der Waals surface area contributed by atoms with Gasteiger partial charge in [0.25, 0.3) is 0 Å². The Hall–Kier alpha value is -0.770. The zero-order chi connectivity index (χ0) is 8.81. The van der Waals surface area contributed by atoms with Gasteiger partial charge in [0.15, 0.2) is 0 Å². The molecule has 0 unspecified atom stereocenters. The Morgan fingerprint density at radius 1 is 1.42 bits per heavy atom. The molecule has 0 aromatic heterocycles. The first-order chi connectivity index (χ1) is 5.83. The van der Waals surface area contributed by atoms with E-state index in [4.69, 9.17) is 10.9 Å². The Bertz CT molecular complexity index is 152. The van der Waals surface area contributed by atoms with Gasteiger partial charge in [0.1, 0.15) is 5.84 Å². The van der Waals surface area contributed by atoms with Crippen molar-refractivity contribution in [2.75, 3.05) is 19.6 Å². The fourth-order valence-corrected chi connectivity index (χ4v) is 1.54. The maximum Gasteiger partial charge on any atom is 0.139 e. The number of amidine groups is 1. The molecule has 1 fully saturated rings. The Balaban J connectivity index is 2.01. The average Bonchev–Trinajstić information content (AvgIpc) is 2.57. The van der Waals surface area contributed by atoms with E-state index in [0.29, 0.717) is 12.3 Å². The van der Waals surface area contributed by atoms with Gasteiger partial charge in [0, 0.05) is 6.42 Å². The number of oxime groups is 1. The molecule has 0 saturated carbocycles. The van der Waals surface area contributed by atoms with Crippen LogP contribution >= 0.6 is 0 Å².